The lowest BCUT2D eigenvalue weighted by atomic mass is 10.0. The van der Waals surface area contributed by atoms with Crippen LogP contribution in [0.25, 0.3) is 17.0 Å². The molecular weight excluding hydrogens is 226 g/mol. The van der Waals surface area contributed by atoms with Gasteiger partial charge >= 0.3 is 0 Å². The third kappa shape index (κ3) is 2.56. The molecule has 2 aromatic rings. The van der Waals surface area contributed by atoms with Crippen molar-refractivity contribution < 1.29 is 9.59 Å². The summed E-state index contributed by atoms with van der Waals surface area (Å²) in [5, 5.41) is 1.09. The zero-order valence-corrected chi connectivity index (χ0v) is 10.3. The Kier molecular flexibility index (Phi) is 3.72. The molecule has 0 aliphatic heterocycles. The summed E-state index contributed by atoms with van der Waals surface area (Å²) in [5.74, 6) is 0.0250. The number of carbonyl (C=O) groups is 2. The molecule has 1 aromatic heterocycles. The molecule has 0 atom stereocenters. The van der Waals surface area contributed by atoms with Crippen molar-refractivity contribution in [3.05, 3.63) is 41.6 Å². The van der Waals surface area contributed by atoms with E-state index in [9.17, 15) is 9.59 Å². The van der Waals surface area contributed by atoms with Crippen LogP contribution in [-0.2, 0) is 16.0 Å². The molecule has 1 N–H and O–H groups in total. The molecule has 0 spiro atoms. The maximum atomic E-state index is 11.0. The summed E-state index contributed by atoms with van der Waals surface area (Å²) in [4.78, 5) is 24.7. The van der Waals surface area contributed by atoms with Gasteiger partial charge in [-0.15, -0.1) is 0 Å². The standard InChI is InChI=1S/C15H15NO2/c1-11(18)7-8-12-4-2-6-14-15(12)13(10-16-14)5-3-9-17/h2,4,6-10,16H,3,5H2,1H3/b8-7+. The molecule has 3 nitrogen and oxygen atoms in total. The number of hydrogen-bond donors (Lipinski definition) is 1. The van der Waals surface area contributed by atoms with Gasteiger partial charge in [0.2, 0.25) is 0 Å². The van der Waals surface area contributed by atoms with E-state index < -0.39 is 0 Å². The van der Waals surface area contributed by atoms with Gasteiger partial charge in [-0.1, -0.05) is 18.2 Å². The van der Waals surface area contributed by atoms with Crippen molar-refractivity contribution >= 4 is 29.0 Å². The lowest BCUT2D eigenvalue weighted by Crippen LogP contribution is -1.86. The molecule has 3 heteroatoms. The first-order valence-electron chi connectivity index (χ1n) is 5.93. The maximum absolute atomic E-state index is 11.0. The first-order valence-corrected chi connectivity index (χ1v) is 5.93. The van der Waals surface area contributed by atoms with E-state index in [1.54, 1.807) is 6.08 Å². The molecule has 0 saturated carbocycles. The van der Waals surface area contributed by atoms with E-state index in [4.69, 9.17) is 0 Å². The number of hydrogen-bond acceptors (Lipinski definition) is 2. The number of H-pyrrole nitrogens is 1. The van der Waals surface area contributed by atoms with E-state index in [-0.39, 0.29) is 5.78 Å². The largest absolute Gasteiger partial charge is 0.361 e. The number of allylic oxidation sites excluding steroid dienone is 1. The predicted octanol–water partition coefficient (Wildman–Crippen LogP) is 2.90. The number of rotatable bonds is 5. The van der Waals surface area contributed by atoms with Crippen LogP contribution in [0.3, 0.4) is 0 Å². The first-order chi connectivity index (χ1) is 8.72. The molecule has 1 heterocycles. The number of carbonyl (C=O) groups excluding carboxylic acids is 2. The van der Waals surface area contributed by atoms with E-state index >= 15 is 0 Å². The minimum atomic E-state index is 0.0250. The molecule has 2 rings (SSSR count). The Morgan fingerprint density at radius 2 is 2.22 bits per heavy atom. The SMILES string of the molecule is CC(=O)/C=C/c1cccc2[nH]cc(CCC=O)c12. The van der Waals surface area contributed by atoms with Gasteiger partial charge in [0.1, 0.15) is 6.29 Å². The lowest BCUT2D eigenvalue weighted by molar-refractivity contribution is -0.112. The summed E-state index contributed by atoms with van der Waals surface area (Å²) < 4.78 is 0. The molecule has 0 fully saturated rings. The number of aryl methyl sites for hydroxylation is 1. The maximum Gasteiger partial charge on any atom is 0.152 e. The van der Waals surface area contributed by atoms with Crippen molar-refractivity contribution in [2.24, 2.45) is 0 Å². The molecule has 18 heavy (non-hydrogen) atoms. The molecule has 92 valence electrons. The molecule has 0 saturated heterocycles. The van der Waals surface area contributed by atoms with Gasteiger partial charge in [-0.05, 0) is 36.6 Å². The molecule has 0 aliphatic rings. The molecule has 1 aromatic carbocycles. The van der Waals surface area contributed by atoms with Gasteiger partial charge in [0.25, 0.3) is 0 Å². The van der Waals surface area contributed by atoms with Crippen molar-refractivity contribution in [1.29, 1.82) is 0 Å². The summed E-state index contributed by atoms with van der Waals surface area (Å²) in [6.45, 7) is 1.53. The van der Waals surface area contributed by atoms with Crippen LogP contribution in [0.1, 0.15) is 24.5 Å². The Morgan fingerprint density at radius 1 is 1.39 bits per heavy atom. The number of aldehydes is 1. The summed E-state index contributed by atoms with van der Waals surface area (Å²) >= 11 is 0. The summed E-state index contributed by atoms with van der Waals surface area (Å²) in [7, 11) is 0. The number of fused-ring (bicyclic) bond motifs is 1. The number of aromatic nitrogens is 1. The van der Waals surface area contributed by atoms with Crippen LogP contribution in [0, 0.1) is 0 Å². The van der Waals surface area contributed by atoms with Crippen LogP contribution in [0.4, 0.5) is 0 Å². The van der Waals surface area contributed by atoms with Crippen molar-refractivity contribution in [2.45, 2.75) is 19.8 Å². The highest BCUT2D eigenvalue weighted by molar-refractivity contribution is 5.97. The molecule has 0 bridgehead atoms. The zero-order chi connectivity index (χ0) is 13.0. The topological polar surface area (TPSA) is 49.9 Å². The smallest absolute Gasteiger partial charge is 0.152 e. The minimum Gasteiger partial charge on any atom is -0.361 e. The van der Waals surface area contributed by atoms with Crippen LogP contribution in [0.2, 0.25) is 0 Å². The van der Waals surface area contributed by atoms with Gasteiger partial charge < -0.3 is 9.78 Å². The van der Waals surface area contributed by atoms with E-state index in [1.165, 1.54) is 6.92 Å². The fourth-order valence-electron chi connectivity index (χ4n) is 2.04. The summed E-state index contributed by atoms with van der Waals surface area (Å²) in [6, 6.07) is 5.91. The van der Waals surface area contributed by atoms with Crippen molar-refractivity contribution in [3.8, 4) is 0 Å². The molecular formula is C15H15NO2. The van der Waals surface area contributed by atoms with Crippen LogP contribution in [0.15, 0.2) is 30.5 Å². The van der Waals surface area contributed by atoms with Gasteiger partial charge in [0, 0.05) is 23.5 Å². The number of ketones is 1. The van der Waals surface area contributed by atoms with E-state index in [1.807, 2.05) is 30.5 Å². The normalized spacial score (nSPS) is 11.2. The van der Waals surface area contributed by atoms with Gasteiger partial charge in [0.05, 0.1) is 0 Å². The average Bonchev–Trinajstić information content (AvgIpc) is 2.77. The predicted molar refractivity (Wildman–Crippen MR) is 72.4 cm³/mol. The Morgan fingerprint density at radius 3 is 2.94 bits per heavy atom. The lowest BCUT2D eigenvalue weighted by Gasteiger charge is -2.00. The highest BCUT2D eigenvalue weighted by Crippen LogP contribution is 2.24. The van der Waals surface area contributed by atoms with E-state index in [0.717, 1.165) is 28.3 Å². The third-order valence-corrected chi connectivity index (χ3v) is 2.85. The second-order valence-corrected chi connectivity index (χ2v) is 4.23. The van der Waals surface area contributed by atoms with Gasteiger partial charge in [-0.3, -0.25) is 4.79 Å². The number of nitrogens with one attached hydrogen (secondary N) is 1. The molecule has 0 radical (unpaired) electrons. The highest BCUT2D eigenvalue weighted by atomic mass is 16.1. The fraction of sp³-hybridized carbons (Fsp3) is 0.200. The molecule has 0 unspecified atom stereocenters. The van der Waals surface area contributed by atoms with Crippen LogP contribution in [0.5, 0.6) is 0 Å². The molecule has 0 amide bonds. The van der Waals surface area contributed by atoms with Crippen LogP contribution >= 0.6 is 0 Å². The quantitative estimate of drug-likeness (QED) is 0.646. The second kappa shape index (κ2) is 5.45. The summed E-state index contributed by atoms with van der Waals surface area (Å²) in [5.41, 5.74) is 3.15. The first kappa shape index (κ1) is 12.3. The van der Waals surface area contributed by atoms with Crippen LogP contribution in [-0.4, -0.2) is 17.1 Å². The fourth-order valence-corrected chi connectivity index (χ4v) is 2.04. The van der Waals surface area contributed by atoms with Gasteiger partial charge in [-0.25, -0.2) is 0 Å². The van der Waals surface area contributed by atoms with E-state index in [2.05, 4.69) is 4.98 Å². The van der Waals surface area contributed by atoms with Gasteiger partial charge in [-0.2, -0.15) is 0 Å². The number of benzene rings is 1. The Balaban J connectivity index is 2.48. The van der Waals surface area contributed by atoms with Crippen molar-refractivity contribution in [1.82, 2.24) is 4.98 Å². The highest BCUT2D eigenvalue weighted by Gasteiger charge is 2.06. The number of aromatic amines is 1. The zero-order valence-electron chi connectivity index (χ0n) is 10.3. The molecule has 0 aliphatic carbocycles. The second-order valence-electron chi connectivity index (χ2n) is 4.23. The van der Waals surface area contributed by atoms with Gasteiger partial charge in [0.15, 0.2) is 5.78 Å². The van der Waals surface area contributed by atoms with E-state index in [0.29, 0.717) is 12.8 Å². The monoisotopic (exact) mass is 241 g/mol. The van der Waals surface area contributed by atoms with Crippen molar-refractivity contribution in [2.75, 3.05) is 0 Å². The van der Waals surface area contributed by atoms with Crippen LogP contribution < -0.4 is 0 Å². The Hall–Kier alpha value is -2.16. The Labute approximate surface area is 106 Å². The average molecular weight is 241 g/mol. The minimum absolute atomic E-state index is 0.0250. The summed E-state index contributed by atoms with van der Waals surface area (Å²) in [6.07, 6.45) is 7.46. The third-order valence-electron chi connectivity index (χ3n) is 2.85. The van der Waals surface area contributed by atoms with Crippen molar-refractivity contribution in [3.63, 3.8) is 0 Å². The Bertz CT molecular complexity index is 608.